The summed E-state index contributed by atoms with van der Waals surface area (Å²) in [7, 11) is -3.74. The molecule has 0 spiro atoms. The number of rotatable bonds is 6. The highest BCUT2D eigenvalue weighted by Gasteiger charge is 2.42. The summed E-state index contributed by atoms with van der Waals surface area (Å²) >= 11 is 0. The van der Waals surface area contributed by atoms with E-state index in [1.165, 1.54) is 4.31 Å². The van der Waals surface area contributed by atoms with E-state index in [-0.39, 0.29) is 35.1 Å². The van der Waals surface area contributed by atoms with Crippen LogP contribution in [0, 0.1) is 31.6 Å². The molecule has 162 valence electrons. The van der Waals surface area contributed by atoms with Gasteiger partial charge in [-0.3, -0.25) is 4.79 Å². The average molecular weight is 432 g/mol. The Bertz CT molecular complexity index is 999. The van der Waals surface area contributed by atoms with Crippen LogP contribution in [0.4, 0.5) is 0 Å². The van der Waals surface area contributed by atoms with Crippen molar-refractivity contribution in [1.82, 2.24) is 14.8 Å². The number of aryl methyl sites for hydroxylation is 2. The van der Waals surface area contributed by atoms with Gasteiger partial charge in [0.25, 0.3) is 0 Å². The largest absolute Gasteiger partial charge is 0.360 e. The number of carbonyl (C=O) groups excluding carboxylic acids is 1. The smallest absolute Gasteiger partial charge is 0.248 e. The van der Waals surface area contributed by atoms with E-state index in [9.17, 15) is 13.2 Å². The maximum atomic E-state index is 13.2. The lowest BCUT2D eigenvalue weighted by Crippen LogP contribution is -2.46. The fraction of sp³-hybridized carbons (Fsp3) is 0.545. The molecule has 1 saturated heterocycles. The second kappa shape index (κ2) is 8.15. The van der Waals surface area contributed by atoms with Crippen molar-refractivity contribution in [2.75, 3.05) is 13.1 Å². The van der Waals surface area contributed by atoms with Gasteiger partial charge in [0.1, 0.15) is 10.6 Å². The Hall–Kier alpha value is -2.19. The molecule has 2 heterocycles. The van der Waals surface area contributed by atoms with Gasteiger partial charge in [-0.2, -0.15) is 4.31 Å². The molecule has 4 rings (SSSR count). The summed E-state index contributed by atoms with van der Waals surface area (Å²) in [5, 5.41) is 7.01. The van der Waals surface area contributed by atoms with Gasteiger partial charge in [0.2, 0.25) is 15.9 Å². The van der Waals surface area contributed by atoms with Crippen LogP contribution < -0.4 is 5.32 Å². The second-order valence-electron chi connectivity index (χ2n) is 8.63. The first-order chi connectivity index (χ1) is 14.3. The Balaban J connectivity index is 1.49. The van der Waals surface area contributed by atoms with Crippen molar-refractivity contribution in [3.8, 4) is 0 Å². The second-order valence-corrected chi connectivity index (χ2v) is 10.5. The maximum absolute atomic E-state index is 13.2. The van der Waals surface area contributed by atoms with E-state index in [4.69, 9.17) is 4.52 Å². The van der Waals surface area contributed by atoms with Gasteiger partial charge in [0, 0.05) is 13.1 Å². The first-order valence-corrected chi connectivity index (χ1v) is 12.0. The number of nitrogens with zero attached hydrogens (tertiary/aromatic N) is 2. The molecule has 2 aliphatic rings. The highest BCUT2D eigenvalue weighted by Crippen LogP contribution is 2.47. The van der Waals surface area contributed by atoms with Gasteiger partial charge >= 0.3 is 0 Å². The van der Waals surface area contributed by atoms with Gasteiger partial charge in [-0.1, -0.05) is 42.4 Å². The first kappa shape index (κ1) is 21.1. The zero-order valence-corrected chi connectivity index (χ0v) is 18.5. The lowest BCUT2D eigenvalue weighted by molar-refractivity contribution is -0.127. The van der Waals surface area contributed by atoms with Gasteiger partial charge in [-0.15, -0.1) is 0 Å². The van der Waals surface area contributed by atoms with Crippen LogP contribution in [0.1, 0.15) is 49.2 Å². The van der Waals surface area contributed by atoms with Gasteiger partial charge in [0.05, 0.1) is 12.0 Å². The molecule has 2 fully saturated rings. The van der Waals surface area contributed by atoms with Gasteiger partial charge < -0.3 is 9.84 Å². The van der Waals surface area contributed by atoms with Crippen LogP contribution in [0.2, 0.25) is 0 Å². The number of carbonyl (C=O) groups is 1. The van der Waals surface area contributed by atoms with Crippen molar-refractivity contribution < 1.29 is 17.7 Å². The molecule has 8 heteroatoms. The molecule has 4 atom stereocenters. The van der Waals surface area contributed by atoms with E-state index in [0.29, 0.717) is 36.9 Å². The molecule has 2 aromatic rings. The third-order valence-corrected chi connectivity index (χ3v) is 8.49. The molecule has 1 aliphatic heterocycles. The standard InChI is InChI=1S/C22H29N3O4S/c1-14-12-19(14)20(17-8-5-4-6-9-17)23-22(26)18-10-7-11-25(13-18)30(27,28)21-15(2)24-29-16(21)3/h4-6,8-9,14,18-20H,7,10-13H2,1-3H3,(H,23,26). The zero-order valence-electron chi connectivity index (χ0n) is 17.7. The number of hydrogen-bond donors (Lipinski definition) is 1. The zero-order chi connectivity index (χ0) is 21.5. The minimum atomic E-state index is -3.74. The topological polar surface area (TPSA) is 92.5 Å². The highest BCUT2D eigenvalue weighted by molar-refractivity contribution is 7.89. The Kier molecular flexibility index (Phi) is 5.72. The fourth-order valence-corrected chi connectivity index (χ4v) is 6.35. The van der Waals surface area contributed by atoms with Crippen molar-refractivity contribution >= 4 is 15.9 Å². The van der Waals surface area contributed by atoms with Crippen molar-refractivity contribution in [2.24, 2.45) is 17.8 Å². The summed E-state index contributed by atoms with van der Waals surface area (Å²) in [5.74, 6) is 0.863. The molecule has 1 saturated carbocycles. The summed E-state index contributed by atoms with van der Waals surface area (Å²) in [6.07, 6.45) is 2.43. The lowest BCUT2D eigenvalue weighted by Gasteiger charge is -2.32. The molecule has 1 amide bonds. The number of nitrogens with one attached hydrogen (secondary N) is 1. The van der Waals surface area contributed by atoms with Gasteiger partial charge in [-0.25, -0.2) is 8.42 Å². The molecule has 1 N–H and O–H groups in total. The van der Waals surface area contributed by atoms with Crippen molar-refractivity contribution in [3.63, 3.8) is 0 Å². The van der Waals surface area contributed by atoms with E-state index in [0.717, 1.165) is 12.0 Å². The molecule has 1 aliphatic carbocycles. The number of benzene rings is 1. The quantitative estimate of drug-likeness (QED) is 0.758. The minimum Gasteiger partial charge on any atom is -0.360 e. The molecule has 0 radical (unpaired) electrons. The lowest BCUT2D eigenvalue weighted by atomic mass is 9.96. The third-order valence-electron chi connectivity index (χ3n) is 6.38. The summed E-state index contributed by atoms with van der Waals surface area (Å²) in [5.41, 5.74) is 1.46. The van der Waals surface area contributed by atoms with E-state index in [1.807, 2.05) is 30.3 Å². The van der Waals surface area contributed by atoms with Crippen LogP contribution in [-0.2, 0) is 14.8 Å². The van der Waals surface area contributed by atoms with Crippen LogP contribution in [-0.4, -0.2) is 36.9 Å². The van der Waals surface area contributed by atoms with E-state index in [2.05, 4.69) is 17.4 Å². The monoisotopic (exact) mass is 431 g/mol. The minimum absolute atomic E-state index is 0.0248. The first-order valence-electron chi connectivity index (χ1n) is 10.6. The third kappa shape index (κ3) is 4.03. The Morgan fingerprint density at radius 1 is 1.27 bits per heavy atom. The molecule has 1 aromatic heterocycles. The Labute approximate surface area is 177 Å². The predicted octanol–water partition coefficient (Wildman–Crippen LogP) is 3.21. The maximum Gasteiger partial charge on any atom is 0.248 e. The van der Waals surface area contributed by atoms with Crippen molar-refractivity contribution in [3.05, 3.63) is 47.3 Å². The van der Waals surface area contributed by atoms with Crippen LogP contribution in [0.15, 0.2) is 39.8 Å². The molecule has 1 aromatic carbocycles. The van der Waals surface area contributed by atoms with Crippen LogP contribution in [0.25, 0.3) is 0 Å². The summed E-state index contributed by atoms with van der Waals surface area (Å²) < 4.78 is 32.8. The van der Waals surface area contributed by atoms with E-state index in [1.54, 1.807) is 13.8 Å². The molecule has 30 heavy (non-hydrogen) atoms. The number of sulfonamides is 1. The number of aromatic nitrogens is 1. The highest BCUT2D eigenvalue weighted by atomic mass is 32.2. The van der Waals surface area contributed by atoms with E-state index >= 15 is 0 Å². The summed E-state index contributed by atoms with van der Waals surface area (Å²) in [6, 6.07) is 10.0. The normalized spacial score (nSPS) is 25.6. The molecule has 7 nitrogen and oxygen atoms in total. The predicted molar refractivity (Wildman–Crippen MR) is 112 cm³/mol. The van der Waals surface area contributed by atoms with E-state index < -0.39 is 10.0 Å². The van der Waals surface area contributed by atoms with Crippen molar-refractivity contribution in [2.45, 2.75) is 51.0 Å². The van der Waals surface area contributed by atoms with Crippen molar-refractivity contribution in [1.29, 1.82) is 0 Å². The molecule has 0 bridgehead atoms. The number of amides is 1. The Morgan fingerprint density at radius 3 is 2.57 bits per heavy atom. The Morgan fingerprint density at radius 2 is 1.97 bits per heavy atom. The van der Waals surface area contributed by atoms with Gasteiger partial charge in [0.15, 0.2) is 5.76 Å². The summed E-state index contributed by atoms with van der Waals surface area (Å²) in [6.45, 7) is 6.00. The SMILES string of the molecule is Cc1noc(C)c1S(=O)(=O)N1CCCC(C(=O)NC(c2ccccc2)C2CC2C)C1. The molecular weight excluding hydrogens is 402 g/mol. The fourth-order valence-electron chi connectivity index (χ4n) is 4.53. The van der Waals surface area contributed by atoms with Gasteiger partial charge in [-0.05, 0) is 50.5 Å². The molecule has 4 unspecified atom stereocenters. The number of hydrogen-bond acceptors (Lipinski definition) is 5. The average Bonchev–Trinajstić information content (AvgIpc) is 3.36. The number of piperidine rings is 1. The van der Waals surface area contributed by atoms with Crippen LogP contribution >= 0.6 is 0 Å². The van der Waals surface area contributed by atoms with Crippen LogP contribution in [0.5, 0.6) is 0 Å². The molecular formula is C22H29N3O4S. The van der Waals surface area contributed by atoms with Crippen LogP contribution in [0.3, 0.4) is 0 Å². The summed E-state index contributed by atoms with van der Waals surface area (Å²) in [4.78, 5) is 13.3.